The van der Waals surface area contributed by atoms with Crippen molar-refractivity contribution in [1.82, 2.24) is 0 Å². The second-order valence-electron chi connectivity index (χ2n) is 6.83. The van der Waals surface area contributed by atoms with Gasteiger partial charge in [-0.05, 0) is 48.1 Å². The van der Waals surface area contributed by atoms with E-state index in [4.69, 9.17) is 9.15 Å². The summed E-state index contributed by atoms with van der Waals surface area (Å²) in [6.07, 6.45) is 4.79. The summed E-state index contributed by atoms with van der Waals surface area (Å²) < 4.78 is 11.5. The molecule has 0 spiro atoms. The molecule has 2 bridgehead atoms. The number of hydrogen-bond acceptors (Lipinski definition) is 3. The molecule has 2 fully saturated rings. The minimum atomic E-state index is 0.276. The first kappa shape index (κ1) is 12.9. The van der Waals surface area contributed by atoms with Crippen molar-refractivity contribution in [1.29, 1.82) is 0 Å². The largest absolute Gasteiger partial charge is 0.456 e. The van der Waals surface area contributed by atoms with Crippen LogP contribution in [0.4, 0.5) is 0 Å². The van der Waals surface area contributed by atoms with Gasteiger partial charge in [0.25, 0.3) is 0 Å². The summed E-state index contributed by atoms with van der Waals surface area (Å²) >= 11 is 0. The van der Waals surface area contributed by atoms with Gasteiger partial charge in [-0.1, -0.05) is 20.8 Å². The van der Waals surface area contributed by atoms with Gasteiger partial charge in [0.2, 0.25) is 0 Å². The average Bonchev–Trinajstić information content (AvgIpc) is 2.97. The van der Waals surface area contributed by atoms with Gasteiger partial charge in [0.05, 0.1) is 6.10 Å². The summed E-state index contributed by atoms with van der Waals surface area (Å²) in [4.78, 5) is 10.6. The predicted molar refractivity (Wildman–Crippen MR) is 71.9 cm³/mol. The Balaban J connectivity index is 1.67. The summed E-state index contributed by atoms with van der Waals surface area (Å²) in [5.41, 5.74) is 0.645. The smallest absolute Gasteiger partial charge is 0.185 e. The fraction of sp³-hybridized carbons (Fsp3) is 0.688. The Bertz CT molecular complexity index is 488. The van der Waals surface area contributed by atoms with Crippen LogP contribution < -0.4 is 0 Å². The maximum absolute atomic E-state index is 10.6. The van der Waals surface area contributed by atoms with Gasteiger partial charge in [-0.2, -0.15) is 0 Å². The molecule has 2 aliphatic carbocycles. The van der Waals surface area contributed by atoms with Gasteiger partial charge < -0.3 is 9.15 Å². The maximum atomic E-state index is 10.6. The van der Waals surface area contributed by atoms with E-state index in [9.17, 15) is 4.79 Å². The molecule has 2 saturated carbocycles. The van der Waals surface area contributed by atoms with Gasteiger partial charge >= 0.3 is 0 Å². The lowest BCUT2D eigenvalue weighted by molar-refractivity contribution is -0.0597. The molecular weight excluding hydrogens is 240 g/mol. The van der Waals surface area contributed by atoms with Crippen LogP contribution >= 0.6 is 0 Å². The molecule has 104 valence electrons. The lowest BCUT2D eigenvalue weighted by Gasteiger charge is -2.38. The quantitative estimate of drug-likeness (QED) is 0.774. The molecule has 19 heavy (non-hydrogen) atoms. The van der Waals surface area contributed by atoms with Crippen molar-refractivity contribution in [3.63, 3.8) is 0 Å². The number of ether oxygens (including phenoxy) is 1. The maximum Gasteiger partial charge on any atom is 0.185 e. The fourth-order valence-electron chi connectivity index (χ4n) is 4.10. The van der Waals surface area contributed by atoms with Gasteiger partial charge in [0, 0.05) is 0 Å². The summed E-state index contributed by atoms with van der Waals surface area (Å²) in [6, 6.07) is 3.52. The summed E-state index contributed by atoms with van der Waals surface area (Å²) in [6.45, 7) is 7.59. The van der Waals surface area contributed by atoms with Crippen molar-refractivity contribution in [3.05, 3.63) is 23.7 Å². The van der Waals surface area contributed by atoms with Crippen LogP contribution in [0.1, 0.15) is 56.3 Å². The SMILES string of the molecule is CC1(C)C2CCC1(C)C(OCc1ccc(C=O)o1)C2. The van der Waals surface area contributed by atoms with Crippen LogP contribution in [0, 0.1) is 16.7 Å². The number of rotatable bonds is 4. The number of fused-ring (bicyclic) bond motifs is 2. The number of aldehydes is 1. The van der Waals surface area contributed by atoms with Crippen molar-refractivity contribution in [2.45, 2.75) is 52.7 Å². The second-order valence-corrected chi connectivity index (χ2v) is 6.83. The van der Waals surface area contributed by atoms with Gasteiger partial charge in [0.1, 0.15) is 12.4 Å². The number of hydrogen-bond donors (Lipinski definition) is 0. The second kappa shape index (κ2) is 4.20. The summed E-state index contributed by atoms with van der Waals surface area (Å²) in [5, 5.41) is 0. The molecule has 3 heteroatoms. The normalized spacial score (nSPS) is 35.7. The Morgan fingerprint density at radius 3 is 2.74 bits per heavy atom. The van der Waals surface area contributed by atoms with Crippen molar-refractivity contribution >= 4 is 6.29 Å². The molecule has 0 radical (unpaired) electrons. The molecule has 0 aromatic carbocycles. The molecule has 0 aliphatic heterocycles. The van der Waals surface area contributed by atoms with Gasteiger partial charge in [0.15, 0.2) is 12.0 Å². The Morgan fingerprint density at radius 2 is 2.21 bits per heavy atom. The molecule has 0 amide bonds. The Morgan fingerprint density at radius 1 is 1.42 bits per heavy atom. The number of carbonyl (C=O) groups excluding carboxylic acids is 1. The van der Waals surface area contributed by atoms with E-state index < -0.39 is 0 Å². The third kappa shape index (κ3) is 1.78. The van der Waals surface area contributed by atoms with E-state index in [1.54, 1.807) is 6.07 Å². The Labute approximate surface area is 114 Å². The zero-order valence-corrected chi connectivity index (χ0v) is 11.9. The monoisotopic (exact) mass is 262 g/mol. The zero-order chi connectivity index (χ0) is 13.7. The molecule has 0 saturated heterocycles. The molecule has 0 N–H and O–H groups in total. The number of carbonyl (C=O) groups is 1. The van der Waals surface area contributed by atoms with E-state index in [0.717, 1.165) is 24.4 Å². The van der Waals surface area contributed by atoms with E-state index in [1.165, 1.54) is 12.8 Å². The van der Waals surface area contributed by atoms with Crippen LogP contribution in [0.25, 0.3) is 0 Å². The molecule has 3 atom stereocenters. The topological polar surface area (TPSA) is 39.4 Å². The number of furan rings is 1. The standard InChI is InChI=1S/C16H22O3/c1-15(2)11-6-7-16(15,3)14(8-11)18-10-13-5-4-12(9-17)19-13/h4-5,9,11,14H,6-8,10H2,1-3H3. The lowest BCUT2D eigenvalue weighted by Crippen LogP contribution is -2.37. The first-order valence-electron chi connectivity index (χ1n) is 7.13. The van der Waals surface area contributed by atoms with Crippen molar-refractivity contribution < 1.29 is 13.9 Å². The van der Waals surface area contributed by atoms with Crippen LogP contribution in [-0.4, -0.2) is 12.4 Å². The third-order valence-electron chi connectivity index (χ3n) is 5.94. The third-order valence-corrected chi connectivity index (χ3v) is 5.94. The Hall–Kier alpha value is -1.09. The van der Waals surface area contributed by atoms with E-state index in [0.29, 0.717) is 23.9 Å². The van der Waals surface area contributed by atoms with E-state index in [-0.39, 0.29) is 5.41 Å². The molecule has 2 aliphatic rings. The first-order chi connectivity index (χ1) is 8.97. The Kier molecular flexibility index (Phi) is 2.86. The van der Waals surface area contributed by atoms with Crippen LogP contribution in [0.15, 0.2) is 16.5 Å². The zero-order valence-electron chi connectivity index (χ0n) is 11.9. The van der Waals surface area contributed by atoms with Crippen LogP contribution in [0.3, 0.4) is 0 Å². The van der Waals surface area contributed by atoms with Crippen molar-refractivity contribution in [2.75, 3.05) is 0 Å². The molecule has 3 rings (SSSR count). The van der Waals surface area contributed by atoms with Crippen molar-refractivity contribution in [2.24, 2.45) is 16.7 Å². The highest BCUT2D eigenvalue weighted by atomic mass is 16.5. The van der Waals surface area contributed by atoms with E-state index in [2.05, 4.69) is 20.8 Å². The molecular formula is C16H22O3. The predicted octanol–water partition coefficient (Wildman–Crippen LogP) is 3.82. The van der Waals surface area contributed by atoms with Crippen molar-refractivity contribution in [3.8, 4) is 0 Å². The van der Waals surface area contributed by atoms with E-state index >= 15 is 0 Å². The molecule has 3 nitrogen and oxygen atoms in total. The minimum Gasteiger partial charge on any atom is -0.456 e. The summed E-state index contributed by atoms with van der Waals surface area (Å²) in [7, 11) is 0. The molecule has 1 heterocycles. The highest BCUT2D eigenvalue weighted by molar-refractivity contribution is 5.70. The molecule has 1 aromatic rings. The van der Waals surface area contributed by atoms with Crippen LogP contribution in [0.5, 0.6) is 0 Å². The van der Waals surface area contributed by atoms with Crippen LogP contribution in [0.2, 0.25) is 0 Å². The first-order valence-corrected chi connectivity index (χ1v) is 7.13. The average molecular weight is 262 g/mol. The van der Waals surface area contributed by atoms with Crippen LogP contribution in [-0.2, 0) is 11.3 Å². The van der Waals surface area contributed by atoms with E-state index in [1.807, 2.05) is 6.07 Å². The van der Waals surface area contributed by atoms with Gasteiger partial charge in [-0.25, -0.2) is 0 Å². The van der Waals surface area contributed by atoms with Gasteiger partial charge in [-0.15, -0.1) is 0 Å². The minimum absolute atomic E-state index is 0.276. The highest BCUT2D eigenvalue weighted by Gasteiger charge is 2.61. The lowest BCUT2D eigenvalue weighted by atomic mass is 9.70. The summed E-state index contributed by atoms with van der Waals surface area (Å²) in [5.74, 6) is 1.90. The molecule has 1 aromatic heterocycles. The van der Waals surface area contributed by atoms with Gasteiger partial charge in [-0.3, -0.25) is 4.79 Å². The molecule has 3 unspecified atom stereocenters. The fourth-order valence-corrected chi connectivity index (χ4v) is 4.10. The highest BCUT2D eigenvalue weighted by Crippen LogP contribution is 2.66.